The lowest BCUT2D eigenvalue weighted by Gasteiger charge is -2.21. The number of halogens is 1. The first kappa shape index (κ1) is 8.70. The summed E-state index contributed by atoms with van der Waals surface area (Å²) in [5.41, 5.74) is 0.708. The third kappa shape index (κ3) is 1.17. The minimum absolute atomic E-state index is 0.179. The molecule has 2 rings (SSSR count). The summed E-state index contributed by atoms with van der Waals surface area (Å²) in [4.78, 5) is 0. The largest absolute Gasteiger partial charge is 0.385 e. The quantitative estimate of drug-likeness (QED) is 0.703. The van der Waals surface area contributed by atoms with Crippen LogP contribution < -0.4 is 0 Å². The van der Waals surface area contributed by atoms with Crippen molar-refractivity contribution in [3.05, 3.63) is 35.1 Å². The zero-order valence-corrected chi connectivity index (χ0v) is 7.68. The van der Waals surface area contributed by atoms with Crippen LogP contribution in [0.1, 0.15) is 30.9 Å². The zero-order chi connectivity index (χ0) is 9.47. The van der Waals surface area contributed by atoms with Gasteiger partial charge in [-0.15, -0.1) is 0 Å². The van der Waals surface area contributed by atoms with Crippen LogP contribution in [0.2, 0.25) is 0 Å². The van der Waals surface area contributed by atoms with Gasteiger partial charge in [0.1, 0.15) is 5.82 Å². The fraction of sp³-hybridized carbons (Fsp3) is 0.455. The first-order chi connectivity index (χ1) is 6.17. The monoisotopic (exact) mass is 180 g/mol. The van der Waals surface area contributed by atoms with Crippen LogP contribution in [-0.2, 0) is 12.0 Å². The standard InChI is InChI=1S/C11H13FO/c1-2-11(13)7-6-8-9(11)4-3-5-10(8)12/h3-5,13H,2,6-7H2,1H3. The molecular formula is C11H13FO. The van der Waals surface area contributed by atoms with Gasteiger partial charge in [-0.2, -0.15) is 0 Å². The molecule has 2 heteroatoms. The number of rotatable bonds is 1. The van der Waals surface area contributed by atoms with Crippen LogP contribution in [0, 0.1) is 5.82 Å². The van der Waals surface area contributed by atoms with Gasteiger partial charge >= 0.3 is 0 Å². The first-order valence-corrected chi connectivity index (χ1v) is 4.67. The second-order valence-corrected chi connectivity index (χ2v) is 3.65. The second kappa shape index (κ2) is 2.81. The lowest BCUT2D eigenvalue weighted by Crippen LogP contribution is -2.20. The average molecular weight is 180 g/mol. The Morgan fingerprint density at radius 1 is 1.54 bits per heavy atom. The third-order valence-corrected chi connectivity index (χ3v) is 2.99. The number of benzene rings is 1. The maximum atomic E-state index is 13.3. The molecule has 0 saturated carbocycles. The van der Waals surface area contributed by atoms with E-state index in [1.165, 1.54) is 6.07 Å². The van der Waals surface area contributed by atoms with E-state index >= 15 is 0 Å². The Morgan fingerprint density at radius 2 is 2.31 bits per heavy atom. The molecule has 1 N–H and O–H groups in total. The van der Waals surface area contributed by atoms with Gasteiger partial charge in [-0.25, -0.2) is 4.39 Å². The highest BCUT2D eigenvalue weighted by atomic mass is 19.1. The smallest absolute Gasteiger partial charge is 0.126 e. The van der Waals surface area contributed by atoms with Crippen molar-refractivity contribution in [3.63, 3.8) is 0 Å². The summed E-state index contributed by atoms with van der Waals surface area (Å²) >= 11 is 0. The summed E-state index contributed by atoms with van der Waals surface area (Å²) in [5, 5.41) is 10.1. The van der Waals surface area contributed by atoms with E-state index in [4.69, 9.17) is 0 Å². The van der Waals surface area contributed by atoms with Crippen LogP contribution in [0.4, 0.5) is 4.39 Å². The van der Waals surface area contributed by atoms with Crippen molar-refractivity contribution >= 4 is 0 Å². The van der Waals surface area contributed by atoms with E-state index in [1.54, 1.807) is 6.07 Å². The first-order valence-electron chi connectivity index (χ1n) is 4.67. The molecule has 70 valence electrons. The minimum Gasteiger partial charge on any atom is -0.385 e. The molecule has 0 aliphatic heterocycles. The molecule has 1 nitrogen and oxygen atoms in total. The molecule has 0 radical (unpaired) electrons. The zero-order valence-electron chi connectivity index (χ0n) is 7.68. The van der Waals surface area contributed by atoms with Gasteiger partial charge in [-0.05, 0) is 36.5 Å². The molecule has 1 atom stereocenters. The van der Waals surface area contributed by atoms with Gasteiger partial charge in [0.2, 0.25) is 0 Å². The Balaban J connectivity index is 2.55. The molecule has 1 unspecified atom stereocenters. The van der Waals surface area contributed by atoms with E-state index in [2.05, 4.69) is 0 Å². The summed E-state index contributed by atoms with van der Waals surface area (Å²) < 4.78 is 13.3. The SMILES string of the molecule is CCC1(O)CCc2c(F)cccc21. The molecule has 13 heavy (non-hydrogen) atoms. The molecule has 0 amide bonds. The minimum atomic E-state index is -0.780. The Bertz CT molecular complexity index is 335. The van der Waals surface area contributed by atoms with E-state index in [0.29, 0.717) is 24.8 Å². The van der Waals surface area contributed by atoms with Crippen LogP contribution in [-0.4, -0.2) is 5.11 Å². The summed E-state index contributed by atoms with van der Waals surface area (Å²) in [6.07, 6.45) is 1.97. The average Bonchev–Trinajstić information content (AvgIpc) is 2.47. The Hall–Kier alpha value is -0.890. The second-order valence-electron chi connectivity index (χ2n) is 3.65. The van der Waals surface area contributed by atoms with Gasteiger partial charge in [0.15, 0.2) is 0 Å². The Morgan fingerprint density at radius 3 is 3.00 bits per heavy atom. The number of aliphatic hydroxyl groups is 1. The summed E-state index contributed by atoms with van der Waals surface area (Å²) in [7, 11) is 0. The number of fused-ring (bicyclic) bond motifs is 1. The lowest BCUT2D eigenvalue weighted by atomic mass is 9.93. The molecule has 1 aromatic rings. The van der Waals surface area contributed by atoms with Gasteiger partial charge in [-0.1, -0.05) is 19.1 Å². The van der Waals surface area contributed by atoms with Gasteiger partial charge in [0.05, 0.1) is 5.60 Å². The maximum Gasteiger partial charge on any atom is 0.126 e. The van der Waals surface area contributed by atoms with Crippen molar-refractivity contribution < 1.29 is 9.50 Å². The van der Waals surface area contributed by atoms with Crippen LogP contribution in [0.3, 0.4) is 0 Å². The molecule has 1 aliphatic carbocycles. The number of hydrogen-bond donors (Lipinski definition) is 1. The third-order valence-electron chi connectivity index (χ3n) is 2.99. The highest BCUT2D eigenvalue weighted by Gasteiger charge is 2.35. The topological polar surface area (TPSA) is 20.2 Å². The molecule has 1 aromatic carbocycles. The molecule has 0 aromatic heterocycles. The predicted octanol–water partition coefficient (Wildman–Crippen LogP) is 2.37. The summed E-state index contributed by atoms with van der Waals surface area (Å²) in [6.45, 7) is 1.93. The molecule has 0 spiro atoms. The lowest BCUT2D eigenvalue weighted by molar-refractivity contribution is 0.0345. The summed E-state index contributed by atoms with van der Waals surface area (Å²) in [6, 6.07) is 4.95. The van der Waals surface area contributed by atoms with Crippen LogP contribution in [0.5, 0.6) is 0 Å². The maximum absolute atomic E-state index is 13.3. The number of hydrogen-bond acceptors (Lipinski definition) is 1. The van der Waals surface area contributed by atoms with E-state index < -0.39 is 5.60 Å². The van der Waals surface area contributed by atoms with Crippen molar-refractivity contribution in [2.75, 3.05) is 0 Å². The van der Waals surface area contributed by atoms with Crippen molar-refractivity contribution in [1.29, 1.82) is 0 Å². The molecule has 0 saturated heterocycles. The molecule has 0 heterocycles. The Kier molecular flexibility index (Phi) is 1.88. The van der Waals surface area contributed by atoms with E-state index in [9.17, 15) is 9.50 Å². The van der Waals surface area contributed by atoms with Gasteiger partial charge in [0, 0.05) is 0 Å². The fourth-order valence-electron chi connectivity index (χ4n) is 2.08. The van der Waals surface area contributed by atoms with E-state index in [1.807, 2.05) is 13.0 Å². The summed E-state index contributed by atoms with van der Waals surface area (Å²) in [5.74, 6) is -0.179. The Labute approximate surface area is 77.2 Å². The molecule has 0 fully saturated rings. The van der Waals surface area contributed by atoms with Crippen molar-refractivity contribution in [2.24, 2.45) is 0 Å². The van der Waals surface area contributed by atoms with Gasteiger partial charge < -0.3 is 5.11 Å². The van der Waals surface area contributed by atoms with Crippen molar-refractivity contribution in [3.8, 4) is 0 Å². The van der Waals surface area contributed by atoms with E-state index in [-0.39, 0.29) is 5.82 Å². The highest BCUT2D eigenvalue weighted by molar-refractivity contribution is 5.37. The molecular weight excluding hydrogens is 167 g/mol. The normalized spacial score (nSPS) is 26.1. The molecule has 0 bridgehead atoms. The van der Waals surface area contributed by atoms with E-state index in [0.717, 1.165) is 5.56 Å². The van der Waals surface area contributed by atoms with Crippen LogP contribution >= 0.6 is 0 Å². The van der Waals surface area contributed by atoms with Gasteiger partial charge in [0.25, 0.3) is 0 Å². The molecule has 1 aliphatic rings. The van der Waals surface area contributed by atoms with Crippen molar-refractivity contribution in [2.45, 2.75) is 31.8 Å². The highest BCUT2D eigenvalue weighted by Crippen LogP contribution is 2.39. The predicted molar refractivity (Wildman–Crippen MR) is 48.9 cm³/mol. The van der Waals surface area contributed by atoms with Crippen LogP contribution in [0.15, 0.2) is 18.2 Å². The van der Waals surface area contributed by atoms with Crippen molar-refractivity contribution in [1.82, 2.24) is 0 Å². The fourth-order valence-corrected chi connectivity index (χ4v) is 2.08. The van der Waals surface area contributed by atoms with Crippen LogP contribution in [0.25, 0.3) is 0 Å². The van der Waals surface area contributed by atoms with Gasteiger partial charge in [-0.3, -0.25) is 0 Å².